The van der Waals surface area contributed by atoms with Gasteiger partial charge in [-0.1, -0.05) is 23.7 Å². The Bertz CT molecular complexity index is 1040. The molecule has 31 heavy (non-hydrogen) atoms. The van der Waals surface area contributed by atoms with Gasteiger partial charge < -0.3 is 19.6 Å². The highest BCUT2D eigenvalue weighted by molar-refractivity contribution is 6.46. The number of nitrogens with zero attached hydrogens (tertiary/aromatic N) is 2. The molecule has 6 nitrogen and oxygen atoms in total. The third kappa shape index (κ3) is 4.73. The van der Waals surface area contributed by atoms with E-state index in [4.69, 9.17) is 16.3 Å². The molecule has 1 amide bonds. The van der Waals surface area contributed by atoms with Crippen LogP contribution in [0.1, 0.15) is 23.6 Å². The molecular formula is C23H24ClFN2O4. The Balaban J connectivity index is 2.11. The second-order valence-electron chi connectivity index (χ2n) is 7.55. The second-order valence-corrected chi connectivity index (χ2v) is 7.96. The summed E-state index contributed by atoms with van der Waals surface area (Å²) < 4.78 is 19.1. The van der Waals surface area contributed by atoms with Crippen molar-refractivity contribution in [3.05, 3.63) is 70.0 Å². The monoisotopic (exact) mass is 446 g/mol. The molecule has 1 atom stereocenters. The molecule has 0 spiro atoms. The van der Waals surface area contributed by atoms with Gasteiger partial charge in [-0.15, -0.1) is 0 Å². The zero-order valence-corrected chi connectivity index (χ0v) is 18.3. The first-order valence-electron chi connectivity index (χ1n) is 9.77. The number of hydrogen-bond donors (Lipinski definition) is 1. The molecule has 1 N–H and O–H groups in total. The number of hydrogen-bond acceptors (Lipinski definition) is 5. The molecule has 1 aliphatic heterocycles. The van der Waals surface area contributed by atoms with Crippen LogP contribution in [0.15, 0.2) is 48.0 Å². The van der Waals surface area contributed by atoms with Gasteiger partial charge in [-0.2, -0.15) is 0 Å². The zero-order valence-electron chi connectivity index (χ0n) is 17.6. The molecule has 8 heteroatoms. The number of carbonyl (C=O) groups is 2. The van der Waals surface area contributed by atoms with Gasteiger partial charge in [0.15, 0.2) is 0 Å². The van der Waals surface area contributed by atoms with Crippen LogP contribution in [-0.4, -0.2) is 60.9 Å². The Morgan fingerprint density at radius 1 is 1.23 bits per heavy atom. The number of aliphatic hydroxyl groups excluding tert-OH is 1. The summed E-state index contributed by atoms with van der Waals surface area (Å²) in [5.74, 6) is -2.00. The standard InChI is InChI=1S/C23H24ClFN2O4/c1-26(2)10-5-11-27-20(14-6-4-7-16(25)12-14)19(22(29)23(27)30)21(28)15-8-9-18(31-3)17(24)13-15/h4,6-9,12-13,20,28H,5,10-11H2,1-3H3/t20-/m0/s1. The average molecular weight is 447 g/mol. The topological polar surface area (TPSA) is 70.1 Å². The normalized spacial score (nSPS) is 18.1. The molecule has 1 saturated heterocycles. The number of methoxy groups -OCH3 is 1. The fourth-order valence-electron chi connectivity index (χ4n) is 3.66. The first-order valence-corrected chi connectivity index (χ1v) is 10.1. The van der Waals surface area contributed by atoms with Crippen LogP contribution in [0.4, 0.5) is 4.39 Å². The van der Waals surface area contributed by atoms with Crippen LogP contribution in [0.5, 0.6) is 5.75 Å². The Hall–Kier alpha value is -2.90. The van der Waals surface area contributed by atoms with E-state index in [1.165, 1.54) is 36.3 Å². The predicted octanol–water partition coefficient (Wildman–Crippen LogP) is 3.86. The van der Waals surface area contributed by atoms with Crippen LogP contribution in [0.2, 0.25) is 5.02 Å². The van der Waals surface area contributed by atoms with Crippen molar-refractivity contribution >= 4 is 29.1 Å². The number of amides is 1. The minimum Gasteiger partial charge on any atom is -0.507 e. The molecule has 0 unspecified atom stereocenters. The fourth-order valence-corrected chi connectivity index (χ4v) is 3.92. The van der Waals surface area contributed by atoms with Gasteiger partial charge in [-0.3, -0.25) is 9.59 Å². The summed E-state index contributed by atoms with van der Waals surface area (Å²) in [6, 6.07) is 9.34. The van der Waals surface area contributed by atoms with Gasteiger partial charge in [-0.25, -0.2) is 4.39 Å². The van der Waals surface area contributed by atoms with E-state index < -0.39 is 23.5 Å². The van der Waals surface area contributed by atoms with Crippen molar-refractivity contribution in [3.63, 3.8) is 0 Å². The van der Waals surface area contributed by atoms with Gasteiger partial charge in [0, 0.05) is 12.1 Å². The van der Waals surface area contributed by atoms with E-state index in [1.54, 1.807) is 18.2 Å². The summed E-state index contributed by atoms with van der Waals surface area (Å²) >= 11 is 6.17. The van der Waals surface area contributed by atoms with Crippen LogP contribution < -0.4 is 4.74 Å². The van der Waals surface area contributed by atoms with E-state index in [0.717, 1.165) is 0 Å². The summed E-state index contributed by atoms with van der Waals surface area (Å²) in [4.78, 5) is 29.1. The molecule has 2 aromatic rings. The van der Waals surface area contributed by atoms with E-state index in [0.29, 0.717) is 24.3 Å². The van der Waals surface area contributed by atoms with E-state index >= 15 is 0 Å². The number of ketones is 1. The summed E-state index contributed by atoms with van der Waals surface area (Å²) in [6.07, 6.45) is 0.611. The molecule has 3 rings (SSSR count). The highest BCUT2D eigenvalue weighted by Crippen LogP contribution is 2.40. The third-order valence-corrected chi connectivity index (χ3v) is 5.43. The molecule has 2 aromatic carbocycles. The lowest BCUT2D eigenvalue weighted by Gasteiger charge is -2.26. The number of Topliss-reactive ketones (excluding diaryl/α,β-unsaturated/α-hetero) is 1. The van der Waals surface area contributed by atoms with Crippen LogP contribution in [0, 0.1) is 5.82 Å². The number of rotatable bonds is 7. The number of benzene rings is 2. The average Bonchev–Trinajstić information content (AvgIpc) is 2.98. The van der Waals surface area contributed by atoms with Crippen molar-refractivity contribution in [2.45, 2.75) is 12.5 Å². The summed E-state index contributed by atoms with van der Waals surface area (Å²) in [5.41, 5.74) is 0.574. The van der Waals surface area contributed by atoms with Gasteiger partial charge >= 0.3 is 0 Å². The van der Waals surface area contributed by atoms with Gasteiger partial charge in [0.25, 0.3) is 11.7 Å². The summed E-state index contributed by atoms with van der Waals surface area (Å²) in [7, 11) is 5.28. The van der Waals surface area contributed by atoms with Gasteiger partial charge in [0.05, 0.1) is 23.7 Å². The van der Waals surface area contributed by atoms with Gasteiger partial charge in [0.2, 0.25) is 0 Å². The van der Waals surface area contributed by atoms with E-state index in [1.807, 2.05) is 19.0 Å². The maximum Gasteiger partial charge on any atom is 0.295 e. The lowest BCUT2D eigenvalue weighted by atomic mass is 9.95. The molecule has 1 heterocycles. The number of aliphatic hydroxyl groups is 1. The Morgan fingerprint density at radius 2 is 1.97 bits per heavy atom. The highest BCUT2D eigenvalue weighted by atomic mass is 35.5. The molecular weight excluding hydrogens is 423 g/mol. The van der Waals surface area contributed by atoms with Crippen molar-refractivity contribution in [3.8, 4) is 5.75 Å². The van der Waals surface area contributed by atoms with Crippen LogP contribution in [0.25, 0.3) is 5.76 Å². The van der Waals surface area contributed by atoms with Crippen molar-refractivity contribution < 1.29 is 23.8 Å². The van der Waals surface area contributed by atoms with Crippen molar-refractivity contribution in [2.24, 2.45) is 0 Å². The number of halogens is 2. The molecule has 0 radical (unpaired) electrons. The molecule has 0 saturated carbocycles. The molecule has 1 fully saturated rings. The smallest absolute Gasteiger partial charge is 0.295 e. The van der Waals surface area contributed by atoms with Crippen molar-refractivity contribution in [1.82, 2.24) is 9.80 Å². The fraction of sp³-hybridized carbons (Fsp3) is 0.304. The molecule has 0 aromatic heterocycles. The largest absolute Gasteiger partial charge is 0.507 e. The Labute approximate surface area is 185 Å². The maximum absolute atomic E-state index is 14.0. The maximum atomic E-state index is 14.0. The third-order valence-electron chi connectivity index (χ3n) is 5.13. The molecule has 0 bridgehead atoms. The SMILES string of the molecule is COc1ccc(C(O)=C2C(=O)C(=O)N(CCCN(C)C)[C@H]2c2cccc(F)c2)cc1Cl. The molecule has 1 aliphatic rings. The van der Waals surface area contributed by atoms with Gasteiger partial charge in [0.1, 0.15) is 17.3 Å². The lowest BCUT2D eigenvalue weighted by molar-refractivity contribution is -0.139. The molecule has 0 aliphatic carbocycles. The second kappa shape index (κ2) is 9.49. The zero-order chi connectivity index (χ0) is 22.7. The highest BCUT2D eigenvalue weighted by Gasteiger charge is 2.45. The van der Waals surface area contributed by atoms with Crippen LogP contribution in [-0.2, 0) is 9.59 Å². The van der Waals surface area contributed by atoms with E-state index in [-0.39, 0.29) is 28.5 Å². The quantitative estimate of drug-likeness (QED) is 0.397. The predicted molar refractivity (Wildman–Crippen MR) is 117 cm³/mol. The Morgan fingerprint density at radius 3 is 2.58 bits per heavy atom. The van der Waals surface area contributed by atoms with E-state index in [9.17, 15) is 19.1 Å². The number of likely N-dealkylation sites (tertiary alicyclic amines) is 1. The minimum absolute atomic E-state index is 0.0957. The first kappa shape index (κ1) is 22.8. The summed E-state index contributed by atoms with van der Waals surface area (Å²) in [5, 5.41) is 11.3. The van der Waals surface area contributed by atoms with Gasteiger partial charge in [-0.05, 0) is 63.0 Å². The first-order chi connectivity index (χ1) is 14.7. The van der Waals surface area contributed by atoms with Crippen LogP contribution in [0.3, 0.4) is 0 Å². The van der Waals surface area contributed by atoms with Crippen molar-refractivity contribution in [1.29, 1.82) is 0 Å². The Kier molecular flexibility index (Phi) is 6.97. The van der Waals surface area contributed by atoms with E-state index in [2.05, 4.69) is 0 Å². The number of carbonyl (C=O) groups excluding carboxylic acids is 2. The number of ether oxygens (including phenoxy) is 1. The van der Waals surface area contributed by atoms with Crippen LogP contribution >= 0.6 is 11.6 Å². The minimum atomic E-state index is -0.904. The lowest BCUT2D eigenvalue weighted by Crippen LogP contribution is -2.32. The molecule has 164 valence electrons. The van der Waals surface area contributed by atoms with Crippen molar-refractivity contribution in [2.75, 3.05) is 34.3 Å². The summed E-state index contributed by atoms with van der Waals surface area (Å²) in [6.45, 7) is 0.983.